The number of ether oxygens (including phenoxy) is 2. The summed E-state index contributed by atoms with van der Waals surface area (Å²) in [6, 6.07) is 13.7. The molecule has 1 amide bonds. The van der Waals surface area contributed by atoms with Crippen LogP contribution in [0, 0.1) is 5.82 Å². The topological polar surface area (TPSA) is 54.9 Å². The molecule has 8 heteroatoms. The van der Waals surface area contributed by atoms with Crippen molar-refractivity contribution < 1.29 is 18.7 Å². The van der Waals surface area contributed by atoms with Gasteiger partial charge in [0.15, 0.2) is 11.7 Å². The Balaban J connectivity index is 1.51. The van der Waals surface area contributed by atoms with Crippen molar-refractivity contribution in [2.75, 3.05) is 50.9 Å². The number of fused-ring (bicyclic) bond motifs is 1. The summed E-state index contributed by atoms with van der Waals surface area (Å²) in [6.07, 6.45) is 0. The zero-order valence-corrected chi connectivity index (χ0v) is 16.7. The second-order valence-electron chi connectivity index (χ2n) is 6.71. The molecular formula is C21H22FN3O3S. The first-order chi connectivity index (χ1) is 14.2. The SMILES string of the molecule is O=C(COc1ccccc1)N(CCN1CCOCC1)c1nc2ccc(F)cc2s1. The molecule has 1 fully saturated rings. The van der Waals surface area contributed by atoms with E-state index in [1.54, 1.807) is 11.0 Å². The van der Waals surface area contributed by atoms with Crippen LogP contribution in [0.3, 0.4) is 0 Å². The number of morpholine rings is 1. The molecule has 0 aliphatic carbocycles. The number of aromatic nitrogens is 1. The first-order valence-corrected chi connectivity index (χ1v) is 10.3. The Morgan fingerprint density at radius 3 is 2.79 bits per heavy atom. The zero-order chi connectivity index (χ0) is 20.1. The molecular weight excluding hydrogens is 393 g/mol. The molecule has 4 rings (SSSR count). The van der Waals surface area contributed by atoms with Gasteiger partial charge in [-0.25, -0.2) is 9.37 Å². The number of nitrogens with zero attached hydrogens (tertiary/aromatic N) is 3. The van der Waals surface area contributed by atoms with E-state index in [4.69, 9.17) is 9.47 Å². The quantitative estimate of drug-likeness (QED) is 0.593. The highest BCUT2D eigenvalue weighted by Gasteiger charge is 2.22. The number of thiazole rings is 1. The summed E-state index contributed by atoms with van der Waals surface area (Å²) in [6.45, 7) is 4.19. The molecule has 2 aromatic carbocycles. The van der Waals surface area contributed by atoms with E-state index < -0.39 is 0 Å². The Morgan fingerprint density at radius 1 is 1.21 bits per heavy atom. The molecule has 3 aromatic rings. The van der Waals surface area contributed by atoms with Crippen molar-refractivity contribution in [3.05, 3.63) is 54.3 Å². The molecule has 0 bridgehead atoms. The molecule has 0 unspecified atom stereocenters. The van der Waals surface area contributed by atoms with Crippen LogP contribution in [-0.2, 0) is 9.53 Å². The van der Waals surface area contributed by atoms with Gasteiger partial charge in [0.25, 0.3) is 5.91 Å². The van der Waals surface area contributed by atoms with Gasteiger partial charge in [-0.2, -0.15) is 0 Å². The average Bonchev–Trinajstić information content (AvgIpc) is 3.16. The Morgan fingerprint density at radius 2 is 2.00 bits per heavy atom. The second-order valence-corrected chi connectivity index (χ2v) is 7.72. The summed E-state index contributed by atoms with van der Waals surface area (Å²) >= 11 is 1.31. The number of anilines is 1. The minimum absolute atomic E-state index is 0.0859. The lowest BCUT2D eigenvalue weighted by atomic mass is 10.3. The van der Waals surface area contributed by atoms with Crippen LogP contribution >= 0.6 is 11.3 Å². The number of carbonyl (C=O) groups excluding carboxylic acids is 1. The first-order valence-electron chi connectivity index (χ1n) is 9.53. The third-order valence-electron chi connectivity index (χ3n) is 4.72. The highest BCUT2D eigenvalue weighted by molar-refractivity contribution is 7.22. The van der Waals surface area contributed by atoms with Crippen LogP contribution in [0.5, 0.6) is 5.75 Å². The number of carbonyl (C=O) groups is 1. The summed E-state index contributed by atoms with van der Waals surface area (Å²) in [5.41, 5.74) is 0.680. The number of halogens is 1. The molecule has 1 aromatic heterocycles. The molecule has 6 nitrogen and oxygen atoms in total. The van der Waals surface area contributed by atoms with Gasteiger partial charge in [-0.15, -0.1) is 0 Å². The summed E-state index contributed by atoms with van der Waals surface area (Å²) in [5.74, 6) is 0.147. The van der Waals surface area contributed by atoms with Gasteiger partial charge in [-0.3, -0.25) is 14.6 Å². The van der Waals surface area contributed by atoms with Crippen LogP contribution in [0.2, 0.25) is 0 Å². The molecule has 1 saturated heterocycles. The number of benzene rings is 2. The van der Waals surface area contributed by atoms with Crippen LogP contribution in [0.25, 0.3) is 10.2 Å². The van der Waals surface area contributed by atoms with E-state index in [0.717, 1.165) is 13.1 Å². The number of hydrogen-bond donors (Lipinski definition) is 0. The minimum Gasteiger partial charge on any atom is -0.484 e. The highest BCUT2D eigenvalue weighted by atomic mass is 32.1. The molecule has 152 valence electrons. The maximum atomic E-state index is 13.6. The Kier molecular flexibility index (Phi) is 6.33. The maximum absolute atomic E-state index is 13.6. The molecule has 29 heavy (non-hydrogen) atoms. The van der Waals surface area contributed by atoms with Crippen molar-refractivity contribution in [1.29, 1.82) is 0 Å². The third kappa shape index (κ3) is 5.09. The van der Waals surface area contributed by atoms with Gasteiger partial charge in [0.1, 0.15) is 11.6 Å². The zero-order valence-electron chi connectivity index (χ0n) is 15.9. The van der Waals surface area contributed by atoms with Crippen LogP contribution in [-0.4, -0.2) is 61.8 Å². The minimum atomic E-state index is -0.314. The third-order valence-corrected chi connectivity index (χ3v) is 5.76. The average molecular weight is 415 g/mol. The summed E-state index contributed by atoms with van der Waals surface area (Å²) < 4.78 is 25.3. The van der Waals surface area contributed by atoms with Gasteiger partial charge < -0.3 is 9.47 Å². The lowest BCUT2D eigenvalue weighted by Crippen LogP contribution is -2.44. The smallest absolute Gasteiger partial charge is 0.266 e. The predicted molar refractivity (Wildman–Crippen MR) is 111 cm³/mol. The highest BCUT2D eigenvalue weighted by Crippen LogP contribution is 2.29. The van der Waals surface area contributed by atoms with Crippen molar-refractivity contribution >= 4 is 32.6 Å². The van der Waals surface area contributed by atoms with Crippen LogP contribution in [0.1, 0.15) is 0 Å². The first kappa shape index (κ1) is 19.8. The van der Waals surface area contributed by atoms with Gasteiger partial charge in [0.05, 0.1) is 23.4 Å². The van der Waals surface area contributed by atoms with Gasteiger partial charge in [0.2, 0.25) is 0 Å². The van der Waals surface area contributed by atoms with E-state index in [0.29, 0.717) is 47.4 Å². The fraction of sp³-hybridized carbons (Fsp3) is 0.333. The number of rotatable bonds is 7. The van der Waals surface area contributed by atoms with E-state index in [1.807, 2.05) is 30.3 Å². The van der Waals surface area contributed by atoms with E-state index in [-0.39, 0.29) is 18.3 Å². The van der Waals surface area contributed by atoms with Crippen molar-refractivity contribution in [3.8, 4) is 5.75 Å². The molecule has 0 saturated carbocycles. The van der Waals surface area contributed by atoms with Crippen molar-refractivity contribution in [3.63, 3.8) is 0 Å². The monoisotopic (exact) mass is 415 g/mol. The van der Waals surface area contributed by atoms with Crippen LogP contribution in [0.4, 0.5) is 9.52 Å². The molecule has 0 atom stereocenters. The summed E-state index contributed by atoms with van der Waals surface area (Å²) in [7, 11) is 0. The molecule has 2 heterocycles. The van der Waals surface area contributed by atoms with Crippen LogP contribution in [0.15, 0.2) is 48.5 Å². The molecule has 1 aliphatic rings. The lowest BCUT2D eigenvalue weighted by Gasteiger charge is -2.29. The number of amides is 1. The van der Waals surface area contributed by atoms with Gasteiger partial charge in [0, 0.05) is 26.2 Å². The van der Waals surface area contributed by atoms with Crippen molar-refractivity contribution in [2.24, 2.45) is 0 Å². The van der Waals surface area contributed by atoms with E-state index in [2.05, 4.69) is 9.88 Å². The fourth-order valence-corrected chi connectivity index (χ4v) is 4.17. The lowest BCUT2D eigenvalue weighted by molar-refractivity contribution is -0.120. The maximum Gasteiger partial charge on any atom is 0.266 e. The Hall–Kier alpha value is -2.55. The predicted octanol–water partition coefficient (Wildman–Crippen LogP) is 3.18. The van der Waals surface area contributed by atoms with Crippen molar-refractivity contribution in [2.45, 2.75) is 0 Å². The van der Waals surface area contributed by atoms with Crippen LogP contribution < -0.4 is 9.64 Å². The van der Waals surface area contributed by atoms with Gasteiger partial charge in [-0.05, 0) is 30.3 Å². The van der Waals surface area contributed by atoms with E-state index >= 15 is 0 Å². The molecule has 0 radical (unpaired) electrons. The second kappa shape index (κ2) is 9.30. The number of para-hydroxylation sites is 1. The normalized spacial score (nSPS) is 14.8. The Labute approximate surface area is 172 Å². The largest absolute Gasteiger partial charge is 0.484 e. The molecule has 0 N–H and O–H groups in total. The van der Waals surface area contributed by atoms with Gasteiger partial charge in [-0.1, -0.05) is 29.5 Å². The van der Waals surface area contributed by atoms with Crippen molar-refractivity contribution in [1.82, 2.24) is 9.88 Å². The number of hydrogen-bond acceptors (Lipinski definition) is 6. The van der Waals surface area contributed by atoms with E-state index in [1.165, 1.54) is 23.5 Å². The standard InChI is InChI=1S/C21H22FN3O3S/c22-16-6-7-18-19(14-16)29-21(23-18)25(9-8-24-10-12-27-13-11-24)20(26)15-28-17-4-2-1-3-5-17/h1-7,14H,8-13,15H2. The molecule has 1 aliphatic heterocycles. The summed E-state index contributed by atoms with van der Waals surface area (Å²) in [5, 5.41) is 0.556. The Bertz CT molecular complexity index is 960. The van der Waals surface area contributed by atoms with Gasteiger partial charge >= 0.3 is 0 Å². The summed E-state index contributed by atoms with van der Waals surface area (Å²) in [4.78, 5) is 21.4. The molecule has 0 spiro atoms. The fourth-order valence-electron chi connectivity index (χ4n) is 3.13. The van der Waals surface area contributed by atoms with E-state index in [9.17, 15) is 9.18 Å².